The molecule has 4 saturated carbocycles. The average Bonchev–Trinajstić information content (AvgIpc) is 3.25. The Morgan fingerprint density at radius 1 is 1.22 bits per heavy atom. The van der Waals surface area contributed by atoms with Crippen molar-refractivity contribution in [2.45, 2.75) is 71.4 Å². The molecule has 2 atom stereocenters. The number of nitrogens with zero attached hydrogens (tertiary/aromatic N) is 2. The summed E-state index contributed by atoms with van der Waals surface area (Å²) in [7, 11) is 3.03. The van der Waals surface area contributed by atoms with Crippen molar-refractivity contribution in [3.8, 4) is 5.88 Å². The van der Waals surface area contributed by atoms with Crippen molar-refractivity contribution in [3.05, 3.63) is 17.8 Å². The van der Waals surface area contributed by atoms with Crippen LogP contribution in [0.4, 0.5) is 4.79 Å². The van der Waals surface area contributed by atoms with Crippen molar-refractivity contribution in [3.63, 3.8) is 0 Å². The summed E-state index contributed by atoms with van der Waals surface area (Å²) >= 11 is 0. The quantitative estimate of drug-likeness (QED) is 0.464. The number of amides is 3. The summed E-state index contributed by atoms with van der Waals surface area (Å²) < 4.78 is 12.3. The number of hydrogen-bond acceptors (Lipinski definition) is 6. The van der Waals surface area contributed by atoms with Crippen molar-refractivity contribution >= 4 is 24.1 Å². The maximum absolute atomic E-state index is 13.5. The molecule has 1 heterocycles. The van der Waals surface area contributed by atoms with Crippen LogP contribution in [0.15, 0.2) is 12.3 Å². The fourth-order valence-electron chi connectivity index (χ4n) is 6.65. The summed E-state index contributed by atoms with van der Waals surface area (Å²) in [6, 6.07) is 0.0434. The first-order chi connectivity index (χ1) is 17.5. The molecule has 1 aromatic heterocycles. The van der Waals surface area contributed by atoms with E-state index < -0.39 is 11.6 Å². The molecular formula is C27H41N5O5. The van der Waals surface area contributed by atoms with E-state index >= 15 is 0 Å². The molecule has 0 radical (unpaired) electrons. The molecule has 0 aromatic carbocycles. The highest BCUT2D eigenvalue weighted by molar-refractivity contribution is 5.96. The molecule has 3 N–H and O–H groups in total. The van der Waals surface area contributed by atoms with Crippen molar-refractivity contribution in [2.75, 3.05) is 20.8 Å². The third-order valence-corrected chi connectivity index (χ3v) is 8.07. The van der Waals surface area contributed by atoms with Crippen LogP contribution in [-0.4, -0.2) is 60.0 Å². The number of ether oxygens (including phenoxy) is 2. The van der Waals surface area contributed by atoms with Gasteiger partial charge in [0.1, 0.15) is 5.56 Å². The molecule has 5 rings (SSSR count). The topological polar surface area (TPSA) is 124 Å². The fourth-order valence-corrected chi connectivity index (χ4v) is 6.65. The predicted molar refractivity (Wildman–Crippen MR) is 139 cm³/mol. The number of alkyl carbamates (subject to hydrolysis) is 1. The SMILES string of the molecule is CNC(=O)C12CC3CC(C1)C(NC(=O)c1cnn(C=CC(C)(C)NC(=O)OC)c1OCC(C)C)C(C3)C2. The van der Waals surface area contributed by atoms with Crippen LogP contribution in [0.1, 0.15) is 70.2 Å². The Bertz CT molecular complexity index is 1050. The first-order valence-corrected chi connectivity index (χ1v) is 13.3. The van der Waals surface area contributed by atoms with Gasteiger partial charge in [0.25, 0.3) is 5.91 Å². The Morgan fingerprint density at radius 3 is 2.49 bits per heavy atom. The smallest absolute Gasteiger partial charge is 0.407 e. The van der Waals surface area contributed by atoms with Gasteiger partial charge in [0, 0.05) is 19.3 Å². The molecule has 2 unspecified atom stereocenters. The summed E-state index contributed by atoms with van der Waals surface area (Å²) in [6.45, 7) is 8.15. The minimum atomic E-state index is -0.710. The normalized spacial score (nSPS) is 28.4. The van der Waals surface area contributed by atoms with Crippen molar-refractivity contribution < 1.29 is 23.9 Å². The first-order valence-electron chi connectivity index (χ1n) is 13.3. The Hall–Kier alpha value is -3.04. The van der Waals surface area contributed by atoms with Gasteiger partial charge in [0.15, 0.2) is 0 Å². The summed E-state index contributed by atoms with van der Waals surface area (Å²) in [4.78, 5) is 37.9. The molecule has 3 amide bonds. The van der Waals surface area contributed by atoms with E-state index in [9.17, 15) is 14.4 Å². The highest BCUT2D eigenvalue weighted by Gasteiger charge is 2.58. The molecule has 37 heavy (non-hydrogen) atoms. The minimum absolute atomic E-state index is 0.0434. The largest absolute Gasteiger partial charge is 0.477 e. The fraction of sp³-hybridized carbons (Fsp3) is 0.704. The van der Waals surface area contributed by atoms with E-state index in [0.29, 0.717) is 35.8 Å². The van der Waals surface area contributed by atoms with Crippen LogP contribution >= 0.6 is 0 Å². The van der Waals surface area contributed by atoms with Gasteiger partial charge in [-0.25, -0.2) is 9.48 Å². The predicted octanol–water partition coefficient (Wildman–Crippen LogP) is 3.19. The van der Waals surface area contributed by atoms with Crippen molar-refractivity contribution in [1.82, 2.24) is 25.7 Å². The Kier molecular flexibility index (Phi) is 7.57. The summed E-state index contributed by atoms with van der Waals surface area (Å²) in [6.07, 6.45) is 9.15. The lowest BCUT2D eigenvalue weighted by Crippen LogP contribution is -2.62. The second-order valence-electron chi connectivity index (χ2n) is 12.0. The van der Waals surface area contributed by atoms with Crippen molar-refractivity contribution in [1.29, 1.82) is 0 Å². The van der Waals surface area contributed by atoms with Crippen LogP contribution < -0.4 is 20.7 Å². The number of aromatic nitrogens is 2. The molecule has 10 nitrogen and oxygen atoms in total. The number of rotatable bonds is 9. The van der Waals surface area contributed by atoms with Gasteiger partial charge in [0.05, 0.1) is 30.9 Å². The van der Waals surface area contributed by atoms with E-state index in [2.05, 4.69) is 21.0 Å². The van der Waals surface area contributed by atoms with Gasteiger partial charge in [-0.3, -0.25) is 9.59 Å². The minimum Gasteiger partial charge on any atom is -0.477 e. The average molecular weight is 516 g/mol. The summed E-state index contributed by atoms with van der Waals surface area (Å²) in [5, 5.41) is 13.3. The van der Waals surface area contributed by atoms with Crippen LogP contribution in [-0.2, 0) is 9.53 Å². The van der Waals surface area contributed by atoms with Gasteiger partial charge >= 0.3 is 6.09 Å². The number of carbonyl (C=O) groups excluding carboxylic acids is 3. The number of methoxy groups -OCH3 is 1. The van der Waals surface area contributed by atoms with E-state index in [4.69, 9.17) is 9.47 Å². The summed E-state index contributed by atoms with van der Waals surface area (Å²) in [5.74, 6) is 1.71. The lowest BCUT2D eigenvalue weighted by Gasteiger charge is -2.59. The van der Waals surface area contributed by atoms with E-state index in [0.717, 1.165) is 32.1 Å². The van der Waals surface area contributed by atoms with Crippen LogP contribution in [0.2, 0.25) is 0 Å². The number of nitrogens with one attached hydrogen (secondary N) is 3. The molecule has 4 aliphatic rings. The molecule has 4 bridgehead atoms. The van der Waals surface area contributed by atoms with Crippen molar-refractivity contribution in [2.24, 2.45) is 29.1 Å². The monoisotopic (exact) mass is 515 g/mol. The molecule has 1 aromatic rings. The molecule has 0 aliphatic heterocycles. The Morgan fingerprint density at radius 2 is 1.89 bits per heavy atom. The molecule has 4 aliphatic carbocycles. The van der Waals surface area contributed by atoms with Crippen LogP contribution in [0, 0.1) is 29.1 Å². The molecule has 4 fully saturated rings. The van der Waals surface area contributed by atoms with E-state index in [1.165, 1.54) is 18.0 Å². The van der Waals surface area contributed by atoms with Gasteiger partial charge in [0.2, 0.25) is 11.8 Å². The summed E-state index contributed by atoms with van der Waals surface area (Å²) in [5.41, 5.74) is -0.616. The Labute approximate surface area is 218 Å². The maximum atomic E-state index is 13.5. The second-order valence-corrected chi connectivity index (χ2v) is 12.0. The third kappa shape index (κ3) is 5.62. The van der Waals surface area contributed by atoms with Crippen LogP contribution in [0.3, 0.4) is 0 Å². The lowest BCUT2D eigenvalue weighted by atomic mass is 9.47. The zero-order valence-corrected chi connectivity index (χ0v) is 22.8. The number of hydrogen-bond donors (Lipinski definition) is 3. The van der Waals surface area contributed by atoms with Gasteiger partial charge in [-0.2, -0.15) is 5.10 Å². The standard InChI is InChI=1S/C27H41N5O5/c1-16(2)15-37-23-20(14-29-32(23)8-7-26(3,4)31-25(35)36-6)22(33)30-21-18-9-17-10-19(21)13-27(11-17,12-18)24(34)28-5/h7-8,14,16-19,21H,9-13,15H2,1-6H3,(H,28,34)(H,30,33)(H,31,35). The zero-order chi connectivity index (χ0) is 27.0. The lowest BCUT2D eigenvalue weighted by molar-refractivity contribution is -0.148. The Balaban J connectivity index is 1.52. The van der Waals surface area contributed by atoms with E-state index in [-0.39, 0.29) is 29.2 Å². The highest BCUT2D eigenvalue weighted by atomic mass is 16.5. The number of carbonyl (C=O) groups is 3. The second kappa shape index (κ2) is 10.4. The van der Waals surface area contributed by atoms with Gasteiger partial charge in [-0.1, -0.05) is 13.8 Å². The maximum Gasteiger partial charge on any atom is 0.407 e. The zero-order valence-electron chi connectivity index (χ0n) is 22.8. The van der Waals surface area contributed by atoms with Crippen LogP contribution in [0.25, 0.3) is 6.20 Å². The molecule has 0 spiro atoms. The highest BCUT2D eigenvalue weighted by Crippen LogP contribution is 2.60. The van der Waals surface area contributed by atoms with Gasteiger partial charge in [-0.15, -0.1) is 0 Å². The van der Waals surface area contributed by atoms with Gasteiger partial charge < -0.3 is 25.4 Å². The van der Waals surface area contributed by atoms with E-state index in [1.807, 2.05) is 27.7 Å². The van der Waals surface area contributed by atoms with Gasteiger partial charge in [-0.05, 0) is 75.7 Å². The first kappa shape index (κ1) is 27.0. The molecular weight excluding hydrogens is 474 g/mol. The third-order valence-electron chi connectivity index (χ3n) is 8.07. The molecule has 10 heteroatoms. The molecule has 204 valence electrons. The molecule has 0 saturated heterocycles. The van der Waals surface area contributed by atoms with Crippen LogP contribution in [0.5, 0.6) is 5.88 Å². The van der Waals surface area contributed by atoms with E-state index in [1.54, 1.807) is 19.3 Å².